The van der Waals surface area contributed by atoms with E-state index in [9.17, 15) is 4.39 Å². The van der Waals surface area contributed by atoms with Gasteiger partial charge in [-0.2, -0.15) is 14.6 Å². The molecule has 5 heterocycles. The van der Waals surface area contributed by atoms with Crippen LogP contribution in [0.5, 0.6) is 5.75 Å². The fraction of sp³-hybridized carbons (Fsp3) is 0.333. The van der Waals surface area contributed by atoms with E-state index < -0.39 is 6.67 Å². The number of fused-ring (bicyclic) bond motifs is 3. The third kappa shape index (κ3) is 4.19. The molecule has 1 aliphatic heterocycles. The molecule has 5 aromatic rings. The molecular weight excluding hydrogens is 465 g/mol. The summed E-state index contributed by atoms with van der Waals surface area (Å²) >= 11 is 0. The number of furan rings is 1. The normalized spacial score (nSPS) is 14.8. The van der Waals surface area contributed by atoms with Gasteiger partial charge in [-0.25, -0.2) is 14.1 Å². The van der Waals surface area contributed by atoms with Crippen LogP contribution in [-0.4, -0.2) is 80.3 Å². The summed E-state index contributed by atoms with van der Waals surface area (Å²) in [5.41, 5.74) is 8.63. The van der Waals surface area contributed by atoms with Crippen LogP contribution in [0.15, 0.2) is 53.3 Å². The van der Waals surface area contributed by atoms with Crippen LogP contribution in [0.1, 0.15) is 0 Å². The number of hydrogen-bond donors (Lipinski definition) is 1. The molecule has 0 saturated carbocycles. The monoisotopic (exact) mass is 491 g/mol. The molecule has 0 bridgehead atoms. The summed E-state index contributed by atoms with van der Waals surface area (Å²) in [6.45, 7) is 4.85. The third-order valence-electron chi connectivity index (χ3n) is 6.39. The quantitative estimate of drug-likeness (QED) is 0.349. The molecule has 0 atom stereocenters. The van der Waals surface area contributed by atoms with Crippen LogP contribution in [0.2, 0.25) is 0 Å². The molecule has 0 radical (unpaired) electrons. The second-order valence-corrected chi connectivity index (χ2v) is 8.58. The second-order valence-electron chi connectivity index (χ2n) is 8.58. The number of benzene rings is 1. The number of aromatic nitrogens is 6. The van der Waals surface area contributed by atoms with E-state index in [1.807, 2.05) is 28.9 Å². The first-order valence-electron chi connectivity index (χ1n) is 11.9. The zero-order valence-corrected chi connectivity index (χ0v) is 19.6. The van der Waals surface area contributed by atoms with E-state index in [0.29, 0.717) is 35.2 Å². The molecule has 11 nitrogen and oxygen atoms in total. The molecule has 1 aliphatic rings. The smallest absolute Gasteiger partial charge is 0.225 e. The fourth-order valence-corrected chi connectivity index (χ4v) is 4.51. The SMILES string of the molecule is Nc1nc2c(cnn2CCN2CCN(c3ccc(OCCF)cc3)CC2)c2nc(-c3ccco3)nn12. The molecule has 6 rings (SSSR count). The Morgan fingerprint density at radius 2 is 1.83 bits per heavy atom. The summed E-state index contributed by atoms with van der Waals surface area (Å²) in [5, 5.41) is 9.78. The van der Waals surface area contributed by atoms with Crippen molar-refractivity contribution in [1.82, 2.24) is 34.3 Å². The molecule has 0 unspecified atom stereocenters. The zero-order valence-electron chi connectivity index (χ0n) is 19.6. The Bertz CT molecular complexity index is 1450. The topological polar surface area (TPSA) is 116 Å². The first kappa shape index (κ1) is 22.3. The van der Waals surface area contributed by atoms with Crippen LogP contribution >= 0.6 is 0 Å². The van der Waals surface area contributed by atoms with E-state index >= 15 is 0 Å². The Kier molecular flexibility index (Phi) is 5.85. The van der Waals surface area contributed by atoms with Crippen LogP contribution < -0.4 is 15.4 Å². The van der Waals surface area contributed by atoms with Gasteiger partial charge in [-0.15, -0.1) is 5.10 Å². The summed E-state index contributed by atoms with van der Waals surface area (Å²) in [6, 6.07) is 11.4. The Hall–Kier alpha value is -4.19. The van der Waals surface area contributed by atoms with Crippen molar-refractivity contribution in [3.8, 4) is 17.3 Å². The van der Waals surface area contributed by atoms with Gasteiger partial charge in [0.1, 0.15) is 19.0 Å². The van der Waals surface area contributed by atoms with Crippen molar-refractivity contribution in [3.63, 3.8) is 0 Å². The van der Waals surface area contributed by atoms with E-state index in [2.05, 4.69) is 30.0 Å². The molecular formula is C24H26FN9O2. The molecule has 1 aromatic carbocycles. The van der Waals surface area contributed by atoms with Crippen LogP contribution in [0, 0.1) is 0 Å². The Labute approximate surface area is 205 Å². The largest absolute Gasteiger partial charge is 0.491 e. The summed E-state index contributed by atoms with van der Waals surface area (Å²) in [6.07, 6.45) is 3.34. The van der Waals surface area contributed by atoms with Gasteiger partial charge in [0.2, 0.25) is 11.8 Å². The number of alkyl halides is 1. The van der Waals surface area contributed by atoms with Gasteiger partial charge in [0.05, 0.1) is 24.4 Å². The number of nitrogen functional groups attached to an aromatic ring is 1. The van der Waals surface area contributed by atoms with E-state index in [1.165, 1.54) is 4.52 Å². The highest BCUT2D eigenvalue weighted by Gasteiger charge is 2.20. The predicted octanol–water partition coefficient (Wildman–Crippen LogP) is 2.49. The number of hydrogen-bond acceptors (Lipinski definition) is 9. The van der Waals surface area contributed by atoms with E-state index in [-0.39, 0.29) is 12.6 Å². The molecule has 12 heteroatoms. The van der Waals surface area contributed by atoms with Crippen LogP contribution in [0.4, 0.5) is 16.0 Å². The van der Waals surface area contributed by atoms with Crippen molar-refractivity contribution in [2.45, 2.75) is 6.54 Å². The Morgan fingerprint density at radius 3 is 2.58 bits per heavy atom. The molecule has 0 amide bonds. The minimum Gasteiger partial charge on any atom is -0.491 e. The number of anilines is 2. The van der Waals surface area contributed by atoms with Crippen molar-refractivity contribution in [2.24, 2.45) is 0 Å². The lowest BCUT2D eigenvalue weighted by molar-refractivity contribution is 0.245. The maximum Gasteiger partial charge on any atom is 0.225 e. The van der Waals surface area contributed by atoms with Crippen LogP contribution in [0.25, 0.3) is 28.3 Å². The molecule has 4 aromatic heterocycles. The molecule has 2 N–H and O–H groups in total. The number of nitrogens with zero attached hydrogens (tertiary/aromatic N) is 8. The lowest BCUT2D eigenvalue weighted by Gasteiger charge is -2.36. The number of nitrogens with two attached hydrogens (primary N) is 1. The fourth-order valence-electron chi connectivity index (χ4n) is 4.51. The average molecular weight is 492 g/mol. The van der Waals surface area contributed by atoms with Gasteiger partial charge in [0, 0.05) is 38.4 Å². The molecule has 36 heavy (non-hydrogen) atoms. The van der Waals surface area contributed by atoms with Gasteiger partial charge in [0.15, 0.2) is 17.1 Å². The van der Waals surface area contributed by atoms with Gasteiger partial charge in [0.25, 0.3) is 0 Å². The van der Waals surface area contributed by atoms with Gasteiger partial charge < -0.3 is 19.8 Å². The first-order valence-corrected chi connectivity index (χ1v) is 11.9. The number of piperazine rings is 1. The lowest BCUT2D eigenvalue weighted by Crippen LogP contribution is -2.47. The average Bonchev–Trinajstić information content (AvgIpc) is 3.67. The third-order valence-corrected chi connectivity index (χ3v) is 6.39. The van der Waals surface area contributed by atoms with Gasteiger partial charge in [-0.05, 0) is 36.4 Å². The lowest BCUT2D eigenvalue weighted by atomic mass is 10.2. The van der Waals surface area contributed by atoms with Crippen LogP contribution in [0.3, 0.4) is 0 Å². The highest BCUT2D eigenvalue weighted by atomic mass is 19.1. The van der Waals surface area contributed by atoms with Gasteiger partial charge in [-0.3, -0.25) is 4.90 Å². The summed E-state index contributed by atoms with van der Waals surface area (Å²) in [7, 11) is 0. The van der Waals surface area contributed by atoms with Crippen molar-refractivity contribution >= 4 is 28.3 Å². The van der Waals surface area contributed by atoms with Crippen molar-refractivity contribution in [3.05, 3.63) is 48.9 Å². The van der Waals surface area contributed by atoms with E-state index in [1.54, 1.807) is 24.6 Å². The van der Waals surface area contributed by atoms with Crippen molar-refractivity contribution < 1.29 is 13.5 Å². The predicted molar refractivity (Wildman–Crippen MR) is 133 cm³/mol. The summed E-state index contributed by atoms with van der Waals surface area (Å²) in [5.74, 6) is 1.96. The molecule has 186 valence electrons. The van der Waals surface area contributed by atoms with Crippen molar-refractivity contribution in [1.29, 1.82) is 0 Å². The van der Waals surface area contributed by atoms with Crippen LogP contribution in [-0.2, 0) is 6.54 Å². The maximum atomic E-state index is 12.3. The van der Waals surface area contributed by atoms with Gasteiger partial charge in [-0.1, -0.05) is 0 Å². The van der Waals surface area contributed by atoms with Gasteiger partial charge >= 0.3 is 0 Å². The van der Waals surface area contributed by atoms with Crippen molar-refractivity contribution in [2.75, 3.05) is 56.6 Å². The standard InChI is InChI=1S/C24H26FN9O2/c25-7-15-35-18-5-3-17(4-6-18)32-11-8-31(9-12-32)10-13-33-22-19(16-27-33)23-28-21(20-2-1-14-36-20)30-34(23)24(26)29-22/h1-6,14,16H,7-13,15H2,(H2,26,29). The van der Waals surface area contributed by atoms with E-state index in [0.717, 1.165) is 43.8 Å². The Balaban J connectivity index is 1.11. The molecule has 0 aliphatic carbocycles. The summed E-state index contributed by atoms with van der Waals surface area (Å²) in [4.78, 5) is 13.9. The van der Waals surface area contributed by atoms with E-state index in [4.69, 9.17) is 14.9 Å². The summed E-state index contributed by atoms with van der Waals surface area (Å²) < 4.78 is 26.4. The molecule has 1 fully saturated rings. The Morgan fingerprint density at radius 1 is 1.00 bits per heavy atom. The molecule has 1 saturated heterocycles. The number of halogens is 1. The highest BCUT2D eigenvalue weighted by Crippen LogP contribution is 2.24. The molecule has 0 spiro atoms. The highest BCUT2D eigenvalue weighted by molar-refractivity contribution is 5.90. The first-order chi connectivity index (χ1) is 17.7. The number of rotatable bonds is 8. The maximum absolute atomic E-state index is 12.3. The minimum absolute atomic E-state index is 0.0848. The number of ether oxygens (including phenoxy) is 1. The second kappa shape index (κ2) is 9.46. The zero-order chi connectivity index (χ0) is 24.5. The minimum atomic E-state index is -0.487.